The van der Waals surface area contributed by atoms with E-state index in [1.165, 1.54) is 0 Å². The molecule has 4 rings (SSSR count). The SMILES string of the molecule is CC(C)n1ccc(-c2cc(-c3ccc(CCCCC(F)(F)F)cc3)[nH]c(=O)c2-c2nn[nH]n2)n1. The minimum atomic E-state index is -4.12. The lowest BCUT2D eigenvalue weighted by Gasteiger charge is -2.10. The van der Waals surface area contributed by atoms with Crippen LogP contribution in [0.15, 0.2) is 47.4 Å². The molecule has 3 aromatic heterocycles. The summed E-state index contributed by atoms with van der Waals surface area (Å²) in [6.07, 6.45) is -1.93. The molecule has 0 atom stereocenters. The Morgan fingerprint density at radius 3 is 2.47 bits per heavy atom. The molecule has 34 heavy (non-hydrogen) atoms. The molecule has 3 heterocycles. The van der Waals surface area contributed by atoms with Gasteiger partial charge in [0.2, 0.25) is 5.82 Å². The first kappa shape index (κ1) is 23.4. The number of halogens is 3. The quantitative estimate of drug-likeness (QED) is 0.354. The summed E-state index contributed by atoms with van der Waals surface area (Å²) in [7, 11) is 0. The van der Waals surface area contributed by atoms with Crippen molar-refractivity contribution >= 4 is 0 Å². The summed E-state index contributed by atoms with van der Waals surface area (Å²) < 4.78 is 38.8. The van der Waals surface area contributed by atoms with E-state index < -0.39 is 12.6 Å². The number of hydrogen-bond acceptors (Lipinski definition) is 5. The van der Waals surface area contributed by atoms with Crippen LogP contribution >= 0.6 is 0 Å². The fourth-order valence-corrected chi connectivity index (χ4v) is 3.68. The van der Waals surface area contributed by atoms with Crippen LogP contribution < -0.4 is 5.56 Å². The van der Waals surface area contributed by atoms with E-state index in [2.05, 4.69) is 30.7 Å². The number of hydrogen-bond donors (Lipinski definition) is 2. The average Bonchev–Trinajstić information content (AvgIpc) is 3.48. The number of tetrazole rings is 1. The van der Waals surface area contributed by atoms with Gasteiger partial charge in [-0.3, -0.25) is 9.48 Å². The van der Waals surface area contributed by atoms with Crippen molar-refractivity contribution in [1.29, 1.82) is 0 Å². The van der Waals surface area contributed by atoms with E-state index in [4.69, 9.17) is 0 Å². The summed E-state index contributed by atoms with van der Waals surface area (Å²) in [4.78, 5) is 15.9. The molecule has 0 aliphatic heterocycles. The van der Waals surface area contributed by atoms with Crippen molar-refractivity contribution in [2.24, 2.45) is 0 Å². The Kier molecular flexibility index (Phi) is 6.62. The molecule has 11 heteroatoms. The number of nitrogens with zero attached hydrogens (tertiary/aromatic N) is 5. The van der Waals surface area contributed by atoms with E-state index in [-0.39, 0.29) is 29.4 Å². The molecule has 0 radical (unpaired) electrons. The van der Waals surface area contributed by atoms with E-state index in [9.17, 15) is 18.0 Å². The molecule has 1 aromatic carbocycles. The Hall–Kier alpha value is -3.76. The lowest BCUT2D eigenvalue weighted by Crippen LogP contribution is -2.13. The zero-order chi connectivity index (χ0) is 24.3. The Bertz CT molecular complexity index is 1290. The van der Waals surface area contributed by atoms with Crippen molar-refractivity contribution in [3.63, 3.8) is 0 Å². The second-order valence-electron chi connectivity index (χ2n) is 8.33. The maximum Gasteiger partial charge on any atom is 0.389 e. The number of rotatable bonds is 8. The van der Waals surface area contributed by atoms with E-state index in [0.29, 0.717) is 29.8 Å². The van der Waals surface area contributed by atoms with Gasteiger partial charge in [0.1, 0.15) is 0 Å². The number of H-pyrrole nitrogens is 2. The zero-order valence-electron chi connectivity index (χ0n) is 18.7. The second kappa shape index (κ2) is 9.62. The van der Waals surface area contributed by atoms with Crippen molar-refractivity contribution in [2.75, 3.05) is 0 Å². The van der Waals surface area contributed by atoms with Gasteiger partial charge in [0.15, 0.2) is 0 Å². The molecule has 0 saturated heterocycles. The van der Waals surface area contributed by atoms with Crippen molar-refractivity contribution < 1.29 is 13.2 Å². The van der Waals surface area contributed by atoms with Gasteiger partial charge in [0.05, 0.1) is 11.3 Å². The second-order valence-corrected chi connectivity index (χ2v) is 8.33. The van der Waals surface area contributed by atoms with Gasteiger partial charge < -0.3 is 4.98 Å². The molecule has 0 aliphatic rings. The number of unbranched alkanes of at least 4 members (excludes halogenated alkanes) is 1. The van der Waals surface area contributed by atoms with Crippen molar-refractivity contribution in [1.82, 2.24) is 35.4 Å². The van der Waals surface area contributed by atoms with Gasteiger partial charge in [-0.1, -0.05) is 24.3 Å². The highest BCUT2D eigenvalue weighted by molar-refractivity contribution is 5.81. The summed E-state index contributed by atoms with van der Waals surface area (Å²) in [6.45, 7) is 4.01. The number of nitrogens with one attached hydrogen (secondary N) is 2. The molecule has 0 unspecified atom stereocenters. The highest BCUT2D eigenvalue weighted by atomic mass is 19.4. The molecule has 4 aromatic rings. The minimum absolute atomic E-state index is 0.0997. The van der Waals surface area contributed by atoms with E-state index in [0.717, 1.165) is 11.1 Å². The summed E-state index contributed by atoms with van der Waals surface area (Å²) in [6, 6.07) is 11.2. The third kappa shape index (κ3) is 5.41. The zero-order valence-corrected chi connectivity index (χ0v) is 18.7. The largest absolute Gasteiger partial charge is 0.389 e. The van der Waals surface area contributed by atoms with Gasteiger partial charge in [0, 0.05) is 29.9 Å². The third-order valence-electron chi connectivity index (χ3n) is 5.46. The summed E-state index contributed by atoms with van der Waals surface area (Å²) in [5, 5.41) is 18.5. The molecule has 0 fully saturated rings. The maximum atomic E-state index is 13.1. The summed E-state index contributed by atoms with van der Waals surface area (Å²) >= 11 is 0. The van der Waals surface area contributed by atoms with Gasteiger partial charge in [-0.15, -0.1) is 10.2 Å². The average molecular weight is 471 g/mol. The molecule has 2 N–H and O–H groups in total. The molecular formula is C23H24F3N7O. The molecule has 0 saturated carbocycles. The fraction of sp³-hybridized carbons (Fsp3) is 0.348. The van der Waals surface area contributed by atoms with Crippen LogP contribution in [0.3, 0.4) is 0 Å². The van der Waals surface area contributed by atoms with Gasteiger partial charge in [-0.25, -0.2) is 0 Å². The smallest absolute Gasteiger partial charge is 0.321 e. The first-order valence-corrected chi connectivity index (χ1v) is 10.9. The van der Waals surface area contributed by atoms with Crippen LogP contribution in [0.4, 0.5) is 13.2 Å². The number of aromatic amines is 2. The lowest BCUT2D eigenvalue weighted by molar-refractivity contribution is -0.135. The molecule has 0 aliphatic carbocycles. The fourth-order valence-electron chi connectivity index (χ4n) is 3.68. The number of aryl methyl sites for hydroxylation is 1. The monoisotopic (exact) mass is 471 g/mol. The van der Waals surface area contributed by atoms with E-state index in [1.807, 2.05) is 56.4 Å². The summed E-state index contributed by atoms with van der Waals surface area (Å²) in [5.74, 6) is 0.163. The molecule has 0 bridgehead atoms. The van der Waals surface area contributed by atoms with Gasteiger partial charge >= 0.3 is 6.18 Å². The molecule has 0 amide bonds. The van der Waals surface area contributed by atoms with E-state index >= 15 is 0 Å². The standard InChI is InChI=1S/C23H24F3N7O/c1-14(2)33-12-10-18(30-33)17-13-19(27-22(34)20(17)21-28-31-32-29-21)16-8-6-15(7-9-16)5-3-4-11-23(24,25)26/h6-10,12-14H,3-5,11H2,1-2H3,(H,27,34)(H,28,29,31,32). The number of aromatic nitrogens is 7. The lowest BCUT2D eigenvalue weighted by atomic mass is 10.0. The Balaban J connectivity index is 1.64. The Morgan fingerprint density at radius 1 is 1.09 bits per heavy atom. The van der Waals surface area contributed by atoms with Crippen LogP contribution in [0, 0.1) is 0 Å². The van der Waals surface area contributed by atoms with E-state index in [1.54, 1.807) is 4.68 Å². The first-order valence-electron chi connectivity index (χ1n) is 10.9. The van der Waals surface area contributed by atoms with Crippen LogP contribution in [0.5, 0.6) is 0 Å². The molecular weight excluding hydrogens is 447 g/mol. The first-order chi connectivity index (χ1) is 16.2. The third-order valence-corrected chi connectivity index (χ3v) is 5.46. The van der Waals surface area contributed by atoms with Crippen LogP contribution in [0.25, 0.3) is 33.9 Å². The predicted octanol–water partition coefficient (Wildman–Crippen LogP) is 4.94. The normalized spacial score (nSPS) is 11.9. The number of benzene rings is 1. The summed E-state index contributed by atoms with van der Waals surface area (Å²) in [5.41, 5.74) is 3.32. The van der Waals surface area contributed by atoms with Gasteiger partial charge in [-0.05, 0) is 61.6 Å². The highest BCUT2D eigenvalue weighted by Crippen LogP contribution is 2.30. The molecule has 8 nitrogen and oxygen atoms in total. The van der Waals surface area contributed by atoms with Gasteiger partial charge in [0.25, 0.3) is 5.56 Å². The number of pyridine rings is 1. The van der Waals surface area contributed by atoms with Crippen LogP contribution in [-0.2, 0) is 6.42 Å². The topological polar surface area (TPSA) is 105 Å². The molecule has 0 spiro atoms. The predicted molar refractivity (Wildman–Crippen MR) is 121 cm³/mol. The maximum absolute atomic E-state index is 13.1. The van der Waals surface area contributed by atoms with Crippen LogP contribution in [-0.4, -0.2) is 41.6 Å². The van der Waals surface area contributed by atoms with Crippen LogP contribution in [0.1, 0.15) is 44.7 Å². The highest BCUT2D eigenvalue weighted by Gasteiger charge is 2.25. The Morgan fingerprint density at radius 2 is 1.85 bits per heavy atom. The van der Waals surface area contributed by atoms with Crippen molar-refractivity contribution in [2.45, 2.75) is 51.7 Å². The van der Waals surface area contributed by atoms with Crippen molar-refractivity contribution in [3.8, 4) is 33.9 Å². The van der Waals surface area contributed by atoms with Gasteiger partial charge in [-0.2, -0.15) is 23.5 Å². The molecule has 178 valence electrons. The minimum Gasteiger partial charge on any atom is -0.321 e. The van der Waals surface area contributed by atoms with Crippen molar-refractivity contribution in [3.05, 3.63) is 58.5 Å². The Labute approximate surface area is 193 Å². The van der Waals surface area contributed by atoms with Crippen LogP contribution in [0.2, 0.25) is 0 Å². The number of alkyl halides is 3.